The number of carbonyl (C=O) groups is 1. The van der Waals surface area contributed by atoms with Crippen molar-refractivity contribution < 1.29 is 14.6 Å². The molecular formula is C9H12O3. The summed E-state index contributed by atoms with van der Waals surface area (Å²) in [5.74, 6) is 0.171. The van der Waals surface area contributed by atoms with Gasteiger partial charge in [-0.3, -0.25) is 4.79 Å². The third kappa shape index (κ3) is 0.724. The van der Waals surface area contributed by atoms with Gasteiger partial charge in [0.15, 0.2) is 0 Å². The highest BCUT2D eigenvalue weighted by Gasteiger charge is 2.60. The molecule has 3 saturated carbocycles. The Morgan fingerprint density at radius 1 is 1.33 bits per heavy atom. The third-order valence-corrected chi connectivity index (χ3v) is 3.71. The molecule has 0 spiro atoms. The van der Waals surface area contributed by atoms with Crippen LogP contribution in [0.2, 0.25) is 0 Å². The molecule has 5 atom stereocenters. The van der Waals surface area contributed by atoms with Crippen molar-refractivity contribution in [3.8, 4) is 0 Å². The quantitative estimate of drug-likeness (QED) is 0.591. The Hall–Kier alpha value is -0.570. The Balaban J connectivity index is 1.87. The number of carboxylic acid groups (broad SMARTS) is 1. The van der Waals surface area contributed by atoms with E-state index in [1.807, 2.05) is 0 Å². The van der Waals surface area contributed by atoms with Crippen LogP contribution in [0.4, 0.5) is 0 Å². The van der Waals surface area contributed by atoms with Crippen LogP contribution in [0, 0.1) is 17.8 Å². The molecule has 66 valence electrons. The molecule has 0 radical (unpaired) electrons. The summed E-state index contributed by atoms with van der Waals surface area (Å²) in [6.45, 7) is 0. The first-order valence-electron chi connectivity index (χ1n) is 4.65. The lowest BCUT2D eigenvalue weighted by Crippen LogP contribution is -2.41. The van der Waals surface area contributed by atoms with E-state index in [4.69, 9.17) is 9.84 Å². The van der Waals surface area contributed by atoms with Gasteiger partial charge in [-0.1, -0.05) is 0 Å². The van der Waals surface area contributed by atoms with Crippen LogP contribution in [-0.2, 0) is 9.53 Å². The first-order chi connectivity index (χ1) is 5.77. The average molecular weight is 168 g/mol. The van der Waals surface area contributed by atoms with Gasteiger partial charge in [-0.05, 0) is 25.2 Å². The second kappa shape index (κ2) is 2.02. The zero-order chi connectivity index (χ0) is 8.29. The lowest BCUT2D eigenvalue weighted by molar-refractivity contribution is -0.146. The summed E-state index contributed by atoms with van der Waals surface area (Å²) in [5, 5.41) is 8.94. The van der Waals surface area contributed by atoms with E-state index in [2.05, 4.69) is 0 Å². The van der Waals surface area contributed by atoms with Crippen molar-refractivity contribution in [3.05, 3.63) is 0 Å². The van der Waals surface area contributed by atoms with E-state index in [9.17, 15) is 4.79 Å². The van der Waals surface area contributed by atoms with Crippen molar-refractivity contribution >= 4 is 5.97 Å². The van der Waals surface area contributed by atoms with Crippen molar-refractivity contribution in [2.75, 3.05) is 0 Å². The summed E-state index contributed by atoms with van der Waals surface area (Å²) >= 11 is 0. The Morgan fingerprint density at radius 2 is 2.17 bits per heavy atom. The van der Waals surface area contributed by atoms with Crippen LogP contribution in [0.5, 0.6) is 0 Å². The SMILES string of the molecule is O=C(O)[C@H]1C[C@H]2CC[C@@H]1[C@@H]1O[C@H]21. The molecule has 0 amide bonds. The summed E-state index contributed by atoms with van der Waals surface area (Å²) < 4.78 is 5.48. The van der Waals surface area contributed by atoms with Gasteiger partial charge in [0.2, 0.25) is 0 Å². The van der Waals surface area contributed by atoms with Crippen LogP contribution >= 0.6 is 0 Å². The minimum absolute atomic E-state index is 0.104. The second-order valence-electron chi connectivity index (χ2n) is 4.25. The van der Waals surface area contributed by atoms with Gasteiger partial charge in [-0.2, -0.15) is 0 Å². The highest BCUT2D eigenvalue weighted by atomic mass is 16.6. The van der Waals surface area contributed by atoms with Crippen molar-refractivity contribution in [2.45, 2.75) is 31.5 Å². The third-order valence-electron chi connectivity index (χ3n) is 3.71. The van der Waals surface area contributed by atoms with Crippen molar-refractivity contribution in [3.63, 3.8) is 0 Å². The predicted octanol–water partition coefficient (Wildman–Crippen LogP) is 0.885. The van der Waals surface area contributed by atoms with Gasteiger partial charge in [0, 0.05) is 5.92 Å². The van der Waals surface area contributed by atoms with Crippen molar-refractivity contribution in [1.82, 2.24) is 0 Å². The monoisotopic (exact) mass is 168 g/mol. The summed E-state index contributed by atoms with van der Waals surface area (Å²) in [7, 11) is 0. The van der Waals surface area contributed by atoms with Gasteiger partial charge in [0.05, 0.1) is 18.1 Å². The number of aliphatic carboxylic acids is 1. The van der Waals surface area contributed by atoms with Crippen LogP contribution in [-0.4, -0.2) is 23.3 Å². The first kappa shape index (κ1) is 6.89. The largest absolute Gasteiger partial charge is 0.481 e. The minimum atomic E-state index is -0.612. The fourth-order valence-corrected chi connectivity index (χ4v) is 3.06. The Labute approximate surface area is 70.7 Å². The summed E-state index contributed by atoms with van der Waals surface area (Å²) in [5.41, 5.74) is 0. The van der Waals surface area contributed by atoms with Crippen LogP contribution in [0.1, 0.15) is 19.3 Å². The van der Waals surface area contributed by atoms with Gasteiger partial charge >= 0.3 is 5.97 Å². The maximum absolute atomic E-state index is 10.9. The van der Waals surface area contributed by atoms with Gasteiger partial charge in [-0.15, -0.1) is 0 Å². The van der Waals surface area contributed by atoms with E-state index >= 15 is 0 Å². The van der Waals surface area contributed by atoms with E-state index in [0.29, 0.717) is 24.0 Å². The summed E-state index contributed by atoms with van der Waals surface area (Å²) in [4.78, 5) is 10.9. The van der Waals surface area contributed by atoms with Crippen molar-refractivity contribution in [1.29, 1.82) is 0 Å². The predicted molar refractivity (Wildman–Crippen MR) is 40.6 cm³/mol. The lowest BCUT2D eigenvalue weighted by Gasteiger charge is -2.36. The molecule has 1 heterocycles. The number of rotatable bonds is 1. The Kier molecular flexibility index (Phi) is 1.16. The molecule has 4 rings (SSSR count). The fourth-order valence-electron chi connectivity index (χ4n) is 3.06. The number of carboxylic acids is 1. The molecule has 4 fully saturated rings. The molecular weight excluding hydrogens is 156 g/mol. The summed E-state index contributed by atoms with van der Waals surface area (Å²) in [6.07, 6.45) is 3.89. The molecule has 3 heteroatoms. The number of fused-ring (bicyclic) bond motifs is 2. The average Bonchev–Trinajstić information content (AvgIpc) is 2.84. The molecule has 1 saturated heterocycles. The zero-order valence-corrected chi connectivity index (χ0v) is 6.77. The fraction of sp³-hybridized carbons (Fsp3) is 0.889. The van der Waals surface area contributed by atoms with E-state index in [1.54, 1.807) is 0 Å². The molecule has 0 aromatic carbocycles. The van der Waals surface area contributed by atoms with Crippen LogP contribution in [0.25, 0.3) is 0 Å². The molecule has 3 aliphatic carbocycles. The van der Waals surface area contributed by atoms with Crippen LogP contribution in [0.3, 0.4) is 0 Å². The number of epoxide rings is 1. The van der Waals surface area contributed by atoms with Gasteiger partial charge in [-0.25, -0.2) is 0 Å². The van der Waals surface area contributed by atoms with Crippen molar-refractivity contribution in [2.24, 2.45) is 17.8 Å². The number of ether oxygens (including phenoxy) is 1. The van der Waals surface area contributed by atoms with Gasteiger partial charge < -0.3 is 9.84 Å². The first-order valence-corrected chi connectivity index (χ1v) is 4.65. The van der Waals surface area contributed by atoms with E-state index in [1.165, 1.54) is 6.42 Å². The molecule has 0 unspecified atom stereocenters. The van der Waals surface area contributed by atoms with Gasteiger partial charge in [0.25, 0.3) is 0 Å². The number of hydrogen-bond acceptors (Lipinski definition) is 2. The molecule has 3 nitrogen and oxygen atoms in total. The Morgan fingerprint density at radius 3 is 2.83 bits per heavy atom. The minimum Gasteiger partial charge on any atom is -0.481 e. The highest BCUT2D eigenvalue weighted by molar-refractivity contribution is 5.71. The molecule has 1 N–H and O–H groups in total. The maximum atomic E-state index is 10.9. The van der Waals surface area contributed by atoms with Gasteiger partial charge in [0.1, 0.15) is 0 Å². The molecule has 2 bridgehead atoms. The van der Waals surface area contributed by atoms with E-state index < -0.39 is 5.97 Å². The van der Waals surface area contributed by atoms with E-state index in [0.717, 1.165) is 12.8 Å². The zero-order valence-electron chi connectivity index (χ0n) is 6.77. The normalized spacial score (nSPS) is 54.8. The van der Waals surface area contributed by atoms with Crippen LogP contribution < -0.4 is 0 Å². The number of hydrogen-bond donors (Lipinski definition) is 1. The topological polar surface area (TPSA) is 49.8 Å². The highest BCUT2D eigenvalue weighted by Crippen LogP contribution is 2.55. The molecule has 0 aromatic heterocycles. The van der Waals surface area contributed by atoms with Crippen LogP contribution in [0.15, 0.2) is 0 Å². The Bertz CT molecular complexity index is 238. The summed E-state index contributed by atoms with van der Waals surface area (Å²) in [6, 6.07) is 0. The second-order valence-corrected chi connectivity index (χ2v) is 4.25. The molecule has 1 aliphatic heterocycles. The lowest BCUT2D eigenvalue weighted by atomic mass is 9.65. The molecule has 12 heavy (non-hydrogen) atoms. The molecule has 0 aromatic rings. The molecule has 4 aliphatic rings. The van der Waals surface area contributed by atoms with E-state index in [-0.39, 0.29) is 5.92 Å². The maximum Gasteiger partial charge on any atom is 0.306 e. The standard InChI is InChI=1S/C9H12O3/c10-9(11)6-3-4-1-2-5(6)8-7(4)12-8/h4-8H,1-3H2,(H,10,11)/t4-,5+,6+,7-,8+/m1/s1. The smallest absolute Gasteiger partial charge is 0.306 e.